The van der Waals surface area contributed by atoms with E-state index < -0.39 is 23.6 Å². The molecule has 2 N–H and O–H groups in total. The molecule has 2 aliphatic carbocycles. The summed E-state index contributed by atoms with van der Waals surface area (Å²) in [6, 6.07) is 10.2. The Balaban J connectivity index is 1.14. The van der Waals surface area contributed by atoms with E-state index >= 15 is 4.39 Å². The van der Waals surface area contributed by atoms with Gasteiger partial charge in [-0.25, -0.2) is 4.39 Å². The van der Waals surface area contributed by atoms with Gasteiger partial charge in [0, 0.05) is 48.1 Å². The topological polar surface area (TPSA) is 99.2 Å². The van der Waals surface area contributed by atoms with Gasteiger partial charge in [0.05, 0.1) is 28.3 Å². The van der Waals surface area contributed by atoms with Gasteiger partial charge in [0.25, 0.3) is 5.91 Å². The second kappa shape index (κ2) is 12.4. The minimum atomic E-state index is -1.34. The molecule has 3 heterocycles. The number of anilines is 1. The molecule has 1 aromatic heterocycles. The highest BCUT2D eigenvalue weighted by Crippen LogP contribution is 2.49. The number of rotatable bonds is 10. The number of fused-ring (bicyclic) bond motifs is 2. The smallest absolute Gasteiger partial charge is 0.306 e. The van der Waals surface area contributed by atoms with Crippen LogP contribution in [0.5, 0.6) is 0 Å². The molecule has 3 aromatic rings. The summed E-state index contributed by atoms with van der Waals surface area (Å²) in [6.45, 7) is 2.91. The Bertz CT molecular complexity index is 1620. The number of aliphatic carboxylic acids is 1. The maximum Gasteiger partial charge on any atom is 0.306 e. The lowest BCUT2D eigenvalue weighted by atomic mass is 9.87. The second-order valence-corrected chi connectivity index (χ2v) is 14.3. The number of halogens is 2. The highest BCUT2D eigenvalue weighted by Gasteiger charge is 2.59. The summed E-state index contributed by atoms with van der Waals surface area (Å²) in [4.78, 5) is 43.6. The molecule has 2 aromatic carbocycles. The number of ether oxygens (including phenoxy) is 1. The average molecular weight is 654 g/mol. The van der Waals surface area contributed by atoms with Gasteiger partial charge in [-0.05, 0) is 80.5 Å². The third-order valence-corrected chi connectivity index (χ3v) is 11.4. The molecule has 11 heteroatoms. The van der Waals surface area contributed by atoms with Gasteiger partial charge in [-0.15, -0.1) is 11.3 Å². The van der Waals surface area contributed by atoms with Crippen LogP contribution in [-0.2, 0) is 20.7 Å². The first-order valence-corrected chi connectivity index (χ1v) is 17.2. The van der Waals surface area contributed by atoms with Gasteiger partial charge in [0.1, 0.15) is 5.82 Å². The van der Waals surface area contributed by atoms with E-state index in [1.165, 1.54) is 23.5 Å². The molecule has 2 saturated carbocycles. The van der Waals surface area contributed by atoms with Crippen LogP contribution in [0.15, 0.2) is 41.8 Å². The number of piperidine rings is 1. The lowest BCUT2D eigenvalue weighted by molar-refractivity contribution is -0.254. The SMILES string of the molecule is O=C(Nc1cc(F)c(CC(=O)C(OC2CCC(C(=O)O)CC2)(N2CCCC2)N2C[C@@H]3C[C@H]3C2)cc1Cl)c1csc2ccccc12. The quantitative estimate of drug-likeness (QED) is 0.261. The molecule has 2 saturated heterocycles. The van der Waals surface area contributed by atoms with E-state index in [9.17, 15) is 19.5 Å². The van der Waals surface area contributed by atoms with Crippen LogP contribution in [0.3, 0.4) is 0 Å². The number of carboxylic acids is 1. The van der Waals surface area contributed by atoms with Crippen molar-refractivity contribution in [1.29, 1.82) is 0 Å². The summed E-state index contributed by atoms with van der Waals surface area (Å²) in [6.07, 6.45) is 4.70. The maximum atomic E-state index is 15.7. The fourth-order valence-electron chi connectivity index (χ4n) is 7.54. The van der Waals surface area contributed by atoms with Crippen molar-refractivity contribution < 1.29 is 28.6 Å². The van der Waals surface area contributed by atoms with Crippen LogP contribution >= 0.6 is 22.9 Å². The van der Waals surface area contributed by atoms with Crippen molar-refractivity contribution in [2.24, 2.45) is 17.8 Å². The second-order valence-electron chi connectivity index (χ2n) is 13.0. The number of hydrogen-bond acceptors (Lipinski definition) is 7. The van der Waals surface area contributed by atoms with Gasteiger partial charge in [-0.3, -0.25) is 24.2 Å². The minimum absolute atomic E-state index is 0.141. The third-order valence-electron chi connectivity index (χ3n) is 10.1. The van der Waals surface area contributed by atoms with Crippen molar-refractivity contribution in [2.45, 2.75) is 63.3 Å². The predicted octanol–water partition coefficient (Wildman–Crippen LogP) is 6.42. The molecule has 4 aliphatic rings. The van der Waals surface area contributed by atoms with E-state index in [0.29, 0.717) is 56.2 Å². The number of carbonyl (C=O) groups is 3. The van der Waals surface area contributed by atoms with Crippen molar-refractivity contribution in [3.63, 3.8) is 0 Å². The normalized spacial score (nSPS) is 26.4. The van der Waals surface area contributed by atoms with Gasteiger partial charge < -0.3 is 15.2 Å². The lowest BCUT2D eigenvalue weighted by Gasteiger charge is -2.49. The van der Waals surface area contributed by atoms with Crippen molar-refractivity contribution in [3.8, 4) is 0 Å². The van der Waals surface area contributed by atoms with Crippen molar-refractivity contribution >= 4 is 56.4 Å². The Morgan fingerprint density at radius 2 is 1.76 bits per heavy atom. The van der Waals surface area contributed by atoms with Gasteiger partial charge in [-0.2, -0.15) is 0 Å². The molecule has 4 fully saturated rings. The predicted molar refractivity (Wildman–Crippen MR) is 171 cm³/mol. The third kappa shape index (κ3) is 5.91. The van der Waals surface area contributed by atoms with Crippen LogP contribution < -0.4 is 5.32 Å². The number of Topliss-reactive ketones (excluding diaryl/α,β-unsaturated/α-hetero) is 1. The zero-order valence-corrected chi connectivity index (χ0v) is 26.5. The molecule has 0 spiro atoms. The number of amides is 1. The fourth-order valence-corrected chi connectivity index (χ4v) is 8.72. The summed E-state index contributed by atoms with van der Waals surface area (Å²) >= 11 is 8.06. The minimum Gasteiger partial charge on any atom is -0.481 e. The van der Waals surface area contributed by atoms with Crippen LogP contribution in [0.1, 0.15) is 60.9 Å². The maximum absolute atomic E-state index is 15.7. The Morgan fingerprint density at radius 1 is 1.04 bits per heavy atom. The Morgan fingerprint density at radius 3 is 2.47 bits per heavy atom. The number of carboxylic acid groups (broad SMARTS) is 1. The van der Waals surface area contributed by atoms with E-state index in [1.807, 2.05) is 24.3 Å². The zero-order chi connectivity index (χ0) is 31.3. The van der Waals surface area contributed by atoms with Gasteiger partial charge in [0.15, 0.2) is 5.78 Å². The first-order chi connectivity index (χ1) is 21.7. The van der Waals surface area contributed by atoms with Crippen LogP contribution in [0.4, 0.5) is 10.1 Å². The van der Waals surface area contributed by atoms with E-state index in [-0.39, 0.29) is 40.5 Å². The summed E-state index contributed by atoms with van der Waals surface area (Å²) in [5.41, 5.74) is 0.776. The molecular formula is C34H37ClFN3O5S. The number of carbonyl (C=O) groups excluding carboxylic acids is 2. The van der Waals surface area contributed by atoms with Crippen LogP contribution in [0.25, 0.3) is 10.1 Å². The van der Waals surface area contributed by atoms with E-state index in [4.69, 9.17) is 16.3 Å². The molecule has 2 aliphatic heterocycles. The number of nitrogens with one attached hydrogen (secondary N) is 1. The fraction of sp³-hybridized carbons (Fsp3) is 0.500. The molecule has 1 unspecified atom stereocenters. The Labute approximate surface area is 270 Å². The number of nitrogens with zero attached hydrogens (tertiary/aromatic N) is 2. The molecule has 1 amide bonds. The van der Waals surface area contributed by atoms with Crippen LogP contribution in [0.2, 0.25) is 5.02 Å². The molecule has 0 bridgehead atoms. The number of ketones is 1. The molecular weight excluding hydrogens is 617 g/mol. The van der Waals surface area contributed by atoms with Crippen molar-refractivity contribution in [1.82, 2.24) is 9.80 Å². The zero-order valence-electron chi connectivity index (χ0n) is 25.0. The Hall–Kier alpha value is -2.89. The summed E-state index contributed by atoms with van der Waals surface area (Å²) in [5.74, 6) is -2.68. The lowest BCUT2D eigenvalue weighted by Crippen LogP contribution is -2.67. The first-order valence-electron chi connectivity index (χ1n) is 15.9. The largest absolute Gasteiger partial charge is 0.481 e. The van der Waals surface area contributed by atoms with Gasteiger partial charge in [-0.1, -0.05) is 29.8 Å². The highest BCUT2D eigenvalue weighted by atomic mass is 35.5. The molecule has 238 valence electrons. The molecule has 7 rings (SSSR count). The number of hydrogen-bond donors (Lipinski definition) is 2. The first kappa shape index (κ1) is 30.7. The van der Waals surface area contributed by atoms with E-state index in [1.54, 1.807) is 5.38 Å². The van der Waals surface area contributed by atoms with Crippen molar-refractivity contribution in [2.75, 3.05) is 31.5 Å². The van der Waals surface area contributed by atoms with Gasteiger partial charge in [0.2, 0.25) is 5.85 Å². The highest BCUT2D eigenvalue weighted by molar-refractivity contribution is 7.17. The van der Waals surface area contributed by atoms with E-state index in [0.717, 1.165) is 42.4 Å². The number of likely N-dealkylation sites (tertiary alicyclic amines) is 2. The summed E-state index contributed by atoms with van der Waals surface area (Å²) in [7, 11) is 0. The van der Waals surface area contributed by atoms with Crippen LogP contribution in [0, 0.1) is 23.6 Å². The summed E-state index contributed by atoms with van der Waals surface area (Å²) < 4.78 is 23.6. The van der Waals surface area contributed by atoms with E-state index in [2.05, 4.69) is 15.1 Å². The number of benzene rings is 2. The monoisotopic (exact) mass is 653 g/mol. The van der Waals surface area contributed by atoms with Gasteiger partial charge >= 0.3 is 5.97 Å². The average Bonchev–Trinajstić information content (AvgIpc) is 3.44. The van der Waals surface area contributed by atoms with Crippen molar-refractivity contribution in [3.05, 3.63) is 63.7 Å². The molecule has 0 radical (unpaired) electrons. The summed E-state index contributed by atoms with van der Waals surface area (Å²) in [5, 5.41) is 15.0. The molecule has 3 atom stereocenters. The Kier molecular flexibility index (Phi) is 8.45. The standard InChI is InChI=1S/C34H37ClFN3O5S/c35-27-14-21(28(36)16-29(27)37-32(41)26-19-45-30-6-2-1-5-25(26)30)15-31(40)34(38-11-3-4-12-38,39-17-22-13-23(22)18-39)44-24-9-7-20(8-10-24)33(42)43/h1-2,5-6,14,16,19-20,22-24H,3-4,7-13,15,17-18H2,(H,37,41)(H,42,43)/t20?,22-,23-,24?,34?/m0/s1. The van der Waals surface area contributed by atoms with Crippen LogP contribution in [-0.4, -0.2) is 70.7 Å². The number of thiophene rings is 1. The molecule has 8 nitrogen and oxygen atoms in total. The molecule has 45 heavy (non-hydrogen) atoms.